The van der Waals surface area contributed by atoms with Gasteiger partial charge in [0.05, 0.1) is 32.8 Å². The van der Waals surface area contributed by atoms with Gasteiger partial charge in [-0.15, -0.1) is 0 Å². The van der Waals surface area contributed by atoms with E-state index in [1.54, 1.807) is 12.0 Å². The maximum atomic E-state index is 5.21. The monoisotopic (exact) mass is 264 g/mol. The molecule has 106 valence electrons. The lowest BCUT2D eigenvalue weighted by Crippen LogP contribution is -3.14. The van der Waals surface area contributed by atoms with Gasteiger partial charge in [0.1, 0.15) is 11.8 Å². The predicted molar refractivity (Wildman–Crippen MR) is 77.6 cm³/mol. The third kappa shape index (κ3) is 3.95. The van der Waals surface area contributed by atoms with Crippen molar-refractivity contribution in [1.29, 1.82) is 0 Å². The Balaban J connectivity index is 1.85. The molecule has 1 saturated heterocycles. The fourth-order valence-electron chi connectivity index (χ4n) is 3.02. The number of quaternary nitrogens is 2. The van der Waals surface area contributed by atoms with E-state index in [2.05, 4.69) is 43.4 Å². The number of nitrogens with two attached hydrogens (primary N) is 1. The minimum atomic E-state index is 0.541. The van der Waals surface area contributed by atoms with Crippen molar-refractivity contribution < 1.29 is 15.0 Å². The lowest BCUT2D eigenvalue weighted by molar-refractivity contribution is -0.912. The molecule has 0 unspecified atom stereocenters. The zero-order valence-corrected chi connectivity index (χ0v) is 12.5. The number of likely N-dealkylation sites (tertiary alicyclic amines) is 1. The molecule has 0 saturated carbocycles. The van der Waals surface area contributed by atoms with Gasteiger partial charge in [0.2, 0.25) is 0 Å². The smallest absolute Gasteiger partial charge is 0.118 e. The fourth-order valence-corrected chi connectivity index (χ4v) is 3.02. The Morgan fingerprint density at radius 3 is 2.42 bits per heavy atom. The highest BCUT2D eigenvalue weighted by Crippen LogP contribution is 2.15. The predicted octanol–water partition coefficient (Wildman–Crippen LogP) is 0.387. The van der Waals surface area contributed by atoms with E-state index < -0.39 is 0 Å². The van der Waals surface area contributed by atoms with Gasteiger partial charge in [-0.2, -0.15) is 0 Å². The summed E-state index contributed by atoms with van der Waals surface area (Å²) in [5.74, 6) is 0.941. The molecule has 1 aromatic carbocycles. The summed E-state index contributed by atoms with van der Waals surface area (Å²) < 4.78 is 5.21. The maximum absolute atomic E-state index is 5.21. The second-order valence-electron chi connectivity index (χ2n) is 5.70. The van der Waals surface area contributed by atoms with Crippen LogP contribution < -0.4 is 15.0 Å². The van der Waals surface area contributed by atoms with Crippen LogP contribution in [0, 0.1) is 0 Å². The summed E-state index contributed by atoms with van der Waals surface area (Å²) in [5, 5.41) is 2.55. The van der Waals surface area contributed by atoms with E-state index in [-0.39, 0.29) is 0 Å². The number of benzene rings is 1. The van der Waals surface area contributed by atoms with Gasteiger partial charge in [0.15, 0.2) is 0 Å². The molecule has 1 heterocycles. The van der Waals surface area contributed by atoms with Gasteiger partial charge >= 0.3 is 0 Å². The number of hydrogen-bond donors (Lipinski definition) is 2. The van der Waals surface area contributed by atoms with Crippen molar-refractivity contribution in [3.05, 3.63) is 29.8 Å². The van der Waals surface area contributed by atoms with Crippen molar-refractivity contribution in [1.82, 2.24) is 0 Å². The van der Waals surface area contributed by atoms with Gasteiger partial charge < -0.3 is 15.0 Å². The van der Waals surface area contributed by atoms with E-state index >= 15 is 0 Å². The van der Waals surface area contributed by atoms with Gasteiger partial charge in [-0.05, 0) is 38.1 Å². The number of nitrogens with one attached hydrogen (secondary N) is 1. The number of methoxy groups -OCH3 is 1. The van der Waals surface area contributed by atoms with Crippen molar-refractivity contribution in [2.24, 2.45) is 0 Å². The summed E-state index contributed by atoms with van der Waals surface area (Å²) in [4.78, 5) is 1.77. The first-order valence-electron chi connectivity index (χ1n) is 7.55. The van der Waals surface area contributed by atoms with Crippen LogP contribution in [0.3, 0.4) is 0 Å². The summed E-state index contributed by atoms with van der Waals surface area (Å²) in [6, 6.07) is 9.83. The van der Waals surface area contributed by atoms with Crippen LogP contribution in [0.1, 0.15) is 38.3 Å². The zero-order valence-electron chi connectivity index (χ0n) is 12.5. The highest BCUT2D eigenvalue weighted by Gasteiger charge is 2.25. The van der Waals surface area contributed by atoms with E-state index in [1.165, 1.54) is 38.0 Å². The van der Waals surface area contributed by atoms with Crippen molar-refractivity contribution in [3.8, 4) is 5.75 Å². The molecule has 3 N–H and O–H groups in total. The molecule has 0 spiro atoms. The Morgan fingerprint density at radius 1 is 1.26 bits per heavy atom. The SMILES string of the molecule is CC[NH+]1CCC([NH2+][C@H](C)c2ccc(OC)cc2)CC1. The second kappa shape index (κ2) is 6.92. The Morgan fingerprint density at radius 2 is 1.89 bits per heavy atom. The Hall–Kier alpha value is -1.06. The van der Waals surface area contributed by atoms with Gasteiger partial charge in [0.25, 0.3) is 0 Å². The van der Waals surface area contributed by atoms with Crippen LogP contribution in [0.2, 0.25) is 0 Å². The molecule has 0 aliphatic carbocycles. The van der Waals surface area contributed by atoms with Gasteiger partial charge in [-0.25, -0.2) is 0 Å². The first kappa shape index (κ1) is 14.4. The summed E-state index contributed by atoms with van der Waals surface area (Å²) in [5.41, 5.74) is 1.39. The molecule has 1 aliphatic heterocycles. The van der Waals surface area contributed by atoms with Gasteiger partial charge in [-0.3, -0.25) is 0 Å². The van der Waals surface area contributed by atoms with E-state index in [0.29, 0.717) is 6.04 Å². The standard InChI is InChI=1S/C16H26N2O/c1-4-18-11-9-15(10-12-18)17-13(2)14-5-7-16(19-3)8-6-14/h5-8,13,15,17H,4,9-12H2,1-3H3/p+2/t13-/m1/s1. The molecule has 2 rings (SSSR count). The van der Waals surface area contributed by atoms with Crippen molar-refractivity contribution >= 4 is 0 Å². The molecule has 0 amide bonds. The minimum absolute atomic E-state index is 0.541. The average Bonchev–Trinajstić information content (AvgIpc) is 2.48. The second-order valence-corrected chi connectivity index (χ2v) is 5.70. The van der Waals surface area contributed by atoms with Crippen LogP contribution in [0.5, 0.6) is 5.75 Å². The van der Waals surface area contributed by atoms with E-state index in [9.17, 15) is 0 Å². The molecule has 0 bridgehead atoms. The van der Waals surface area contributed by atoms with Crippen LogP contribution in [0.4, 0.5) is 0 Å². The summed E-state index contributed by atoms with van der Waals surface area (Å²) in [6.45, 7) is 8.56. The lowest BCUT2D eigenvalue weighted by Gasteiger charge is -2.28. The average molecular weight is 264 g/mol. The van der Waals surface area contributed by atoms with E-state index in [4.69, 9.17) is 4.74 Å². The lowest BCUT2D eigenvalue weighted by atomic mass is 10.0. The summed E-state index contributed by atoms with van der Waals surface area (Å²) in [7, 11) is 1.72. The molecule has 1 aromatic rings. The molecule has 1 aliphatic rings. The molecule has 0 radical (unpaired) electrons. The first-order valence-corrected chi connectivity index (χ1v) is 7.55. The van der Waals surface area contributed by atoms with Gasteiger partial charge in [-0.1, -0.05) is 0 Å². The van der Waals surface area contributed by atoms with E-state index in [0.717, 1.165) is 11.8 Å². The van der Waals surface area contributed by atoms with Crippen molar-refractivity contribution in [2.75, 3.05) is 26.7 Å². The number of piperidine rings is 1. The maximum Gasteiger partial charge on any atom is 0.118 e. The molecular formula is C16H28N2O+2. The largest absolute Gasteiger partial charge is 0.497 e. The van der Waals surface area contributed by atoms with Crippen molar-refractivity contribution in [2.45, 2.75) is 38.8 Å². The minimum Gasteiger partial charge on any atom is -0.497 e. The summed E-state index contributed by atoms with van der Waals surface area (Å²) in [6.07, 6.45) is 2.70. The zero-order chi connectivity index (χ0) is 13.7. The first-order chi connectivity index (χ1) is 9.22. The van der Waals surface area contributed by atoms with Crippen LogP contribution >= 0.6 is 0 Å². The molecule has 3 nitrogen and oxygen atoms in total. The van der Waals surface area contributed by atoms with Crippen LogP contribution in [0.15, 0.2) is 24.3 Å². The van der Waals surface area contributed by atoms with Crippen LogP contribution in [0.25, 0.3) is 0 Å². The molecule has 0 aromatic heterocycles. The normalized spacial score (nSPS) is 25.0. The van der Waals surface area contributed by atoms with Crippen LogP contribution in [-0.4, -0.2) is 32.8 Å². The Bertz CT molecular complexity index is 369. The third-order valence-corrected chi connectivity index (χ3v) is 4.44. The number of ether oxygens (including phenoxy) is 1. The highest BCUT2D eigenvalue weighted by atomic mass is 16.5. The number of hydrogen-bond acceptors (Lipinski definition) is 1. The molecule has 19 heavy (non-hydrogen) atoms. The third-order valence-electron chi connectivity index (χ3n) is 4.44. The molecule has 1 atom stereocenters. The van der Waals surface area contributed by atoms with Crippen molar-refractivity contribution in [3.63, 3.8) is 0 Å². The van der Waals surface area contributed by atoms with Crippen LogP contribution in [-0.2, 0) is 0 Å². The highest BCUT2D eigenvalue weighted by molar-refractivity contribution is 5.27. The molecule has 1 fully saturated rings. The van der Waals surface area contributed by atoms with E-state index in [1.807, 2.05) is 0 Å². The molecule has 3 heteroatoms. The topological polar surface area (TPSA) is 30.3 Å². The summed E-state index contributed by atoms with van der Waals surface area (Å²) >= 11 is 0. The fraction of sp³-hybridized carbons (Fsp3) is 0.625. The number of rotatable bonds is 5. The van der Waals surface area contributed by atoms with Gasteiger partial charge in [0, 0.05) is 18.4 Å². The Labute approximate surface area is 116 Å². The Kier molecular flexibility index (Phi) is 5.23. The quantitative estimate of drug-likeness (QED) is 0.792. The molecular weight excluding hydrogens is 236 g/mol.